The zero-order chi connectivity index (χ0) is 13.0. The van der Waals surface area contributed by atoms with Gasteiger partial charge in [0.25, 0.3) is 0 Å². The van der Waals surface area contributed by atoms with Gasteiger partial charge in [0.2, 0.25) is 0 Å². The van der Waals surface area contributed by atoms with Crippen LogP contribution in [0.15, 0.2) is 0 Å². The van der Waals surface area contributed by atoms with E-state index in [-0.39, 0.29) is 0 Å². The summed E-state index contributed by atoms with van der Waals surface area (Å²) in [6, 6.07) is 1.61. The predicted octanol–water partition coefficient (Wildman–Crippen LogP) is 3.42. The monoisotopic (exact) mass is 252 g/mol. The van der Waals surface area contributed by atoms with Crippen molar-refractivity contribution in [3.8, 4) is 0 Å². The first-order valence-electron chi connectivity index (χ1n) is 8.03. The Morgan fingerprint density at radius 1 is 1.06 bits per heavy atom. The number of rotatable bonds is 5. The van der Waals surface area contributed by atoms with Gasteiger partial charge in [-0.05, 0) is 38.1 Å². The summed E-state index contributed by atoms with van der Waals surface area (Å²) >= 11 is 0. The Balaban J connectivity index is 1.67. The van der Waals surface area contributed by atoms with Crippen LogP contribution in [-0.2, 0) is 0 Å². The van der Waals surface area contributed by atoms with Gasteiger partial charge in [-0.15, -0.1) is 0 Å². The maximum absolute atomic E-state index is 3.82. The molecule has 0 saturated heterocycles. The van der Waals surface area contributed by atoms with E-state index in [1.807, 2.05) is 0 Å². The Kier molecular flexibility index (Phi) is 5.08. The molecule has 2 rings (SSSR count). The van der Waals surface area contributed by atoms with Crippen LogP contribution in [0.25, 0.3) is 0 Å². The molecule has 0 bridgehead atoms. The van der Waals surface area contributed by atoms with E-state index in [1.54, 1.807) is 0 Å². The van der Waals surface area contributed by atoms with E-state index in [9.17, 15) is 0 Å². The molecule has 2 aliphatic rings. The van der Waals surface area contributed by atoms with Crippen LogP contribution in [0.3, 0.4) is 0 Å². The quantitative estimate of drug-likeness (QED) is 0.806. The summed E-state index contributed by atoms with van der Waals surface area (Å²) in [6.07, 6.45) is 11.3. The minimum atomic E-state index is 0.504. The second kappa shape index (κ2) is 6.38. The smallest absolute Gasteiger partial charge is 0.0119 e. The topological polar surface area (TPSA) is 15.3 Å². The zero-order valence-electron chi connectivity index (χ0n) is 12.7. The molecule has 1 N–H and O–H groups in total. The minimum Gasteiger partial charge on any atom is -0.312 e. The maximum Gasteiger partial charge on any atom is 0.0119 e. The Hall–Kier alpha value is -0.0800. The predicted molar refractivity (Wildman–Crippen MR) is 78.9 cm³/mol. The summed E-state index contributed by atoms with van der Waals surface area (Å²) in [5, 5.41) is 3.82. The van der Waals surface area contributed by atoms with E-state index < -0.39 is 0 Å². The first kappa shape index (κ1) is 14.3. The van der Waals surface area contributed by atoms with Crippen LogP contribution < -0.4 is 5.32 Å². The van der Waals surface area contributed by atoms with Crippen molar-refractivity contribution >= 4 is 0 Å². The third-order valence-electron chi connectivity index (χ3n) is 5.31. The van der Waals surface area contributed by atoms with Gasteiger partial charge < -0.3 is 10.2 Å². The van der Waals surface area contributed by atoms with Crippen molar-refractivity contribution < 1.29 is 0 Å². The molecule has 0 spiro atoms. The highest BCUT2D eigenvalue weighted by atomic mass is 15.1. The second-order valence-electron chi connectivity index (χ2n) is 7.16. The number of likely N-dealkylation sites (N-methyl/N-ethyl adjacent to an activating group) is 1. The molecule has 2 saturated carbocycles. The number of hydrogen-bond acceptors (Lipinski definition) is 2. The van der Waals surface area contributed by atoms with Crippen molar-refractivity contribution in [2.75, 3.05) is 20.1 Å². The molecule has 18 heavy (non-hydrogen) atoms. The maximum atomic E-state index is 3.82. The lowest BCUT2D eigenvalue weighted by Crippen LogP contribution is -2.47. The molecule has 0 radical (unpaired) electrons. The summed E-state index contributed by atoms with van der Waals surface area (Å²) in [6.45, 7) is 7.26. The Labute approximate surface area is 114 Å². The summed E-state index contributed by atoms with van der Waals surface area (Å²) in [7, 11) is 2.31. The fraction of sp³-hybridized carbons (Fsp3) is 1.00. The standard InChI is InChI=1S/C16H32N2/c1-16(2)11-7-6-10-15(16)17-12-13-18(3)14-8-4-5-9-14/h14-15,17H,4-13H2,1-3H3. The Morgan fingerprint density at radius 2 is 1.72 bits per heavy atom. The van der Waals surface area contributed by atoms with Gasteiger partial charge in [0.15, 0.2) is 0 Å². The molecule has 2 nitrogen and oxygen atoms in total. The largest absolute Gasteiger partial charge is 0.312 e. The normalized spacial score (nSPS) is 29.0. The second-order valence-corrected chi connectivity index (χ2v) is 7.16. The van der Waals surface area contributed by atoms with E-state index in [0.29, 0.717) is 5.41 Å². The summed E-state index contributed by atoms with van der Waals surface area (Å²) in [4.78, 5) is 2.58. The van der Waals surface area contributed by atoms with Crippen molar-refractivity contribution in [2.45, 2.75) is 77.3 Å². The minimum absolute atomic E-state index is 0.504. The highest BCUT2D eigenvalue weighted by Gasteiger charge is 2.31. The van der Waals surface area contributed by atoms with Gasteiger partial charge >= 0.3 is 0 Å². The molecule has 1 unspecified atom stereocenters. The van der Waals surface area contributed by atoms with Crippen LogP contribution in [0, 0.1) is 5.41 Å². The highest BCUT2D eigenvalue weighted by molar-refractivity contribution is 4.88. The van der Waals surface area contributed by atoms with Crippen molar-refractivity contribution in [1.82, 2.24) is 10.2 Å². The summed E-state index contributed by atoms with van der Waals surface area (Å²) in [5.41, 5.74) is 0.504. The first-order valence-corrected chi connectivity index (χ1v) is 8.03. The molecule has 0 amide bonds. The molecular formula is C16H32N2. The van der Waals surface area contributed by atoms with Gasteiger partial charge in [-0.1, -0.05) is 39.5 Å². The molecule has 1 atom stereocenters. The molecule has 0 aromatic heterocycles. The third kappa shape index (κ3) is 3.71. The van der Waals surface area contributed by atoms with Gasteiger partial charge in [0.05, 0.1) is 0 Å². The fourth-order valence-electron chi connectivity index (χ4n) is 3.82. The van der Waals surface area contributed by atoms with E-state index in [0.717, 1.165) is 12.1 Å². The number of nitrogens with zero attached hydrogens (tertiary/aromatic N) is 1. The number of hydrogen-bond donors (Lipinski definition) is 1. The van der Waals surface area contributed by atoms with E-state index in [1.165, 1.54) is 64.5 Å². The van der Waals surface area contributed by atoms with E-state index in [2.05, 4.69) is 31.1 Å². The van der Waals surface area contributed by atoms with E-state index in [4.69, 9.17) is 0 Å². The molecule has 2 heteroatoms. The van der Waals surface area contributed by atoms with E-state index >= 15 is 0 Å². The average molecular weight is 252 g/mol. The molecule has 2 fully saturated rings. The van der Waals surface area contributed by atoms with Gasteiger partial charge in [-0.25, -0.2) is 0 Å². The fourth-order valence-corrected chi connectivity index (χ4v) is 3.82. The third-order valence-corrected chi connectivity index (χ3v) is 5.31. The van der Waals surface area contributed by atoms with Crippen LogP contribution in [0.2, 0.25) is 0 Å². The molecule has 106 valence electrons. The van der Waals surface area contributed by atoms with Gasteiger partial charge in [0, 0.05) is 25.2 Å². The molecular weight excluding hydrogens is 220 g/mol. The average Bonchev–Trinajstić information content (AvgIpc) is 2.84. The molecule has 2 aliphatic carbocycles. The van der Waals surface area contributed by atoms with Crippen molar-refractivity contribution in [3.63, 3.8) is 0 Å². The van der Waals surface area contributed by atoms with Crippen LogP contribution in [-0.4, -0.2) is 37.1 Å². The van der Waals surface area contributed by atoms with Crippen LogP contribution in [0.4, 0.5) is 0 Å². The number of nitrogens with one attached hydrogen (secondary N) is 1. The van der Waals surface area contributed by atoms with Gasteiger partial charge in [-0.3, -0.25) is 0 Å². The first-order chi connectivity index (χ1) is 8.59. The summed E-state index contributed by atoms with van der Waals surface area (Å²) < 4.78 is 0. The van der Waals surface area contributed by atoms with Crippen molar-refractivity contribution in [2.24, 2.45) is 5.41 Å². The van der Waals surface area contributed by atoms with Gasteiger partial charge in [0.1, 0.15) is 0 Å². The zero-order valence-corrected chi connectivity index (χ0v) is 12.7. The molecule has 0 aliphatic heterocycles. The Bertz CT molecular complexity index is 243. The lowest BCUT2D eigenvalue weighted by molar-refractivity contribution is 0.159. The van der Waals surface area contributed by atoms with Gasteiger partial charge in [-0.2, -0.15) is 0 Å². The summed E-state index contributed by atoms with van der Waals surface area (Å²) in [5.74, 6) is 0. The lowest BCUT2D eigenvalue weighted by atomic mass is 9.73. The van der Waals surface area contributed by atoms with Crippen molar-refractivity contribution in [3.05, 3.63) is 0 Å². The highest BCUT2D eigenvalue weighted by Crippen LogP contribution is 2.35. The van der Waals surface area contributed by atoms with Crippen LogP contribution in [0.5, 0.6) is 0 Å². The molecule has 0 aromatic rings. The molecule has 0 heterocycles. The Morgan fingerprint density at radius 3 is 2.39 bits per heavy atom. The van der Waals surface area contributed by atoms with Crippen molar-refractivity contribution in [1.29, 1.82) is 0 Å². The van der Waals surface area contributed by atoms with Crippen LogP contribution >= 0.6 is 0 Å². The lowest BCUT2D eigenvalue weighted by Gasteiger charge is -2.39. The van der Waals surface area contributed by atoms with Crippen LogP contribution in [0.1, 0.15) is 65.2 Å². The SMILES string of the molecule is CN(CCNC1CCCCC1(C)C)C1CCCC1. The molecule has 0 aromatic carbocycles.